The lowest BCUT2D eigenvalue weighted by Gasteiger charge is -2.20. The molecule has 0 radical (unpaired) electrons. The van der Waals surface area contributed by atoms with Crippen LogP contribution >= 0.6 is 0 Å². The van der Waals surface area contributed by atoms with E-state index in [0.29, 0.717) is 6.54 Å². The van der Waals surface area contributed by atoms with Gasteiger partial charge in [-0.15, -0.1) is 0 Å². The molecule has 1 amide bonds. The lowest BCUT2D eigenvalue weighted by Crippen LogP contribution is -2.37. The van der Waals surface area contributed by atoms with E-state index in [0.717, 1.165) is 12.8 Å². The third-order valence-corrected chi connectivity index (χ3v) is 3.47. The molecule has 102 valence electrons. The van der Waals surface area contributed by atoms with Crippen molar-refractivity contribution in [2.45, 2.75) is 25.7 Å². The van der Waals surface area contributed by atoms with Crippen molar-refractivity contribution in [1.29, 1.82) is 0 Å². The largest absolute Gasteiger partial charge is 0.480 e. The van der Waals surface area contributed by atoms with Gasteiger partial charge in [-0.2, -0.15) is 0 Å². The Morgan fingerprint density at radius 3 is 2.58 bits per heavy atom. The lowest BCUT2D eigenvalue weighted by atomic mass is 10.1. The van der Waals surface area contributed by atoms with Crippen LogP contribution in [-0.4, -0.2) is 35.0 Å². The number of carboxylic acids is 1. The maximum atomic E-state index is 12.3. The molecule has 1 aromatic carbocycles. The number of hydrogen-bond acceptors (Lipinski definition) is 2. The average molecular weight is 261 g/mol. The summed E-state index contributed by atoms with van der Waals surface area (Å²) in [5.74, 6) is -0.730. The molecule has 4 heteroatoms. The van der Waals surface area contributed by atoms with Crippen LogP contribution in [0.15, 0.2) is 30.3 Å². The van der Waals surface area contributed by atoms with Gasteiger partial charge in [-0.25, -0.2) is 0 Å². The van der Waals surface area contributed by atoms with E-state index in [9.17, 15) is 9.59 Å². The number of carbonyl (C=O) groups is 2. The number of nitrogens with zero attached hydrogens (tertiary/aromatic N) is 1. The number of carbonyl (C=O) groups excluding carboxylic acids is 1. The first-order valence-electron chi connectivity index (χ1n) is 6.69. The zero-order chi connectivity index (χ0) is 13.8. The number of hydrogen-bond donors (Lipinski definition) is 1. The number of rotatable bonds is 6. The molecule has 2 atom stereocenters. The minimum absolute atomic E-state index is 0.0156. The molecule has 1 N–H and O–H groups in total. The summed E-state index contributed by atoms with van der Waals surface area (Å²) in [6.45, 7) is 2.28. The molecule has 1 saturated carbocycles. The van der Waals surface area contributed by atoms with E-state index in [-0.39, 0.29) is 24.3 Å². The van der Waals surface area contributed by atoms with E-state index in [2.05, 4.69) is 0 Å². The van der Waals surface area contributed by atoms with Crippen molar-refractivity contribution in [2.75, 3.05) is 13.1 Å². The average Bonchev–Trinajstić information content (AvgIpc) is 3.18. The summed E-state index contributed by atoms with van der Waals surface area (Å²) in [4.78, 5) is 24.5. The zero-order valence-corrected chi connectivity index (χ0v) is 11.1. The Morgan fingerprint density at radius 2 is 2.00 bits per heavy atom. The lowest BCUT2D eigenvalue weighted by molar-refractivity contribution is -0.145. The molecule has 1 aromatic rings. The summed E-state index contributed by atoms with van der Waals surface area (Å²) < 4.78 is 0. The van der Waals surface area contributed by atoms with E-state index >= 15 is 0 Å². The zero-order valence-electron chi connectivity index (χ0n) is 11.1. The fraction of sp³-hybridized carbons (Fsp3) is 0.467. The fourth-order valence-corrected chi connectivity index (χ4v) is 2.47. The molecular formula is C15H19NO3. The molecule has 2 unspecified atom stereocenters. The van der Waals surface area contributed by atoms with Gasteiger partial charge < -0.3 is 10.0 Å². The van der Waals surface area contributed by atoms with E-state index in [1.165, 1.54) is 10.5 Å². The molecule has 0 spiro atoms. The van der Waals surface area contributed by atoms with Gasteiger partial charge in [0.1, 0.15) is 6.54 Å². The molecule has 1 aliphatic carbocycles. The van der Waals surface area contributed by atoms with Crippen LogP contribution in [-0.2, 0) is 9.59 Å². The van der Waals surface area contributed by atoms with Gasteiger partial charge in [0.2, 0.25) is 5.91 Å². The molecule has 4 nitrogen and oxygen atoms in total. The molecule has 0 aromatic heterocycles. The number of aliphatic carboxylic acids is 1. The first-order chi connectivity index (χ1) is 9.13. The maximum absolute atomic E-state index is 12.3. The number of benzene rings is 1. The first-order valence-corrected chi connectivity index (χ1v) is 6.69. The normalized spacial score (nSPS) is 20.9. The van der Waals surface area contributed by atoms with E-state index in [4.69, 9.17) is 5.11 Å². The van der Waals surface area contributed by atoms with Crippen LogP contribution in [0.2, 0.25) is 0 Å². The van der Waals surface area contributed by atoms with Gasteiger partial charge in [0.05, 0.1) is 0 Å². The second-order valence-electron chi connectivity index (χ2n) is 5.01. The van der Waals surface area contributed by atoms with Crippen molar-refractivity contribution in [3.63, 3.8) is 0 Å². The Hall–Kier alpha value is -1.84. The summed E-state index contributed by atoms with van der Waals surface area (Å²) in [5, 5.41) is 8.85. The van der Waals surface area contributed by atoms with Crippen LogP contribution in [0.4, 0.5) is 0 Å². The summed E-state index contributed by atoms with van der Waals surface area (Å²) in [5.41, 5.74) is 1.17. The predicted molar refractivity (Wildman–Crippen MR) is 71.8 cm³/mol. The fourth-order valence-electron chi connectivity index (χ4n) is 2.47. The van der Waals surface area contributed by atoms with Crippen molar-refractivity contribution in [1.82, 2.24) is 4.90 Å². The van der Waals surface area contributed by atoms with Crippen molar-refractivity contribution in [3.05, 3.63) is 35.9 Å². The minimum atomic E-state index is -0.946. The van der Waals surface area contributed by atoms with Gasteiger partial charge in [-0.3, -0.25) is 9.59 Å². The molecular weight excluding hydrogens is 242 g/mol. The summed E-state index contributed by atoms with van der Waals surface area (Å²) in [7, 11) is 0. The SMILES string of the molecule is CCCN(CC(=O)O)C(=O)C1CC1c1ccccc1. The van der Waals surface area contributed by atoms with Crippen LogP contribution in [0.1, 0.15) is 31.2 Å². The Balaban J connectivity index is 1.98. The monoisotopic (exact) mass is 261 g/mol. The van der Waals surface area contributed by atoms with Crippen LogP contribution in [0.5, 0.6) is 0 Å². The second-order valence-corrected chi connectivity index (χ2v) is 5.01. The summed E-state index contributed by atoms with van der Waals surface area (Å²) in [6, 6.07) is 9.95. The van der Waals surface area contributed by atoms with E-state index < -0.39 is 5.97 Å². The third-order valence-electron chi connectivity index (χ3n) is 3.47. The summed E-state index contributed by atoms with van der Waals surface area (Å²) >= 11 is 0. The quantitative estimate of drug-likeness (QED) is 0.853. The molecule has 0 heterocycles. The van der Waals surface area contributed by atoms with Crippen molar-refractivity contribution in [3.8, 4) is 0 Å². The van der Waals surface area contributed by atoms with E-state index in [1.807, 2.05) is 37.3 Å². The first kappa shape index (κ1) is 13.6. The van der Waals surface area contributed by atoms with Crippen molar-refractivity contribution < 1.29 is 14.7 Å². The Labute approximate surface area is 113 Å². The predicted octanol–water partition coefficient (Wildman–Crippen LogP) is 2.11. The molecule has 0 bridgehead atoms. The summed E-state index contributed by atoms with van der Waals surface area (Å²) in [6.07, 6.45) is 1.62. The number of amides is 1. The highest BCUT2D eigenvalue weighted by molar-refractivity contribution is 5.86. The molecule has 2 rings (SSSR count). The molecule has 19 heavy (non-hydrogen) atoms. The van der Waals surface area contributed by atoms with Gasteiger partial charge in [-0.1, -0.05) is 37.3 Å². The highest BCUT2D eigenvalue weighted by Gasteiger charge is 2.45. The standard InChI is InChI=1S/C15H19NO3/c1-2-8-16(10-14(17)18)15(19)13-9-12(13)11-6-4-3-5-7-11/h3-7,12-13H,2,8-10H2,1H3,(H,17,18). The smallest absolute Gasteiger partial charge is 0.323 e. The number of carboxylic acid groups (broad SMARTS) is 1. The highest BCUT2D eigenvalue weighted by atomic mass is 16.4. The topological polar surface area (TPSA) is 57.6 Å². The van der Waals surface area contributed by atoms with Gasteiger partial charge >= 0.3 is 5.97 Å². The highest BCUT2D eigenvalue weighted by Crippen LogP contribution is 2.48. The van der Waals surface area contributed by atoms with E-state index in [1.54, 1.807) is 0 Å². The Kier molecular flexibility index (Phi) is 4.20. The second kappa shape index (κ2) is 5.87. The van der Waals surface area contributed by atoms with Crippen molar-refractivity contribution >= 4 is 11.9 Å². The van der Waals surface area contributed by atoms with Crippen LogP contribution in [0.25, 0.3) is 0 Å². The van der Waals surface area contributed by atoms with Crippen LogP contribution in [0, 0.1) is 5.92 Å². The maximum Gasteiger partial charge on any atom is 0.323 e. The molecule has 1 aliphatic rings. The molecule has 0 aliphatic heterocycles. The van der Waals surface area contributed by atoms with Gasteiger partial charge in [0, 0.05) is 12.5 Å². The third kappa shape index (κ3) is 3.34. The van der Waals surface area contributed by atoms with Gasteiger partial charge in [0.15, 0.2) is 0 Å². The van der Waals surface area contributed by atoms with Gasteiger partial charge in [0.25, 0.3) is 0 Å². The molecule has 0 saturated heterocycles. The Morgan fingerprint density at radius 1 is 1.32 bits per heavy atom. The van der Waals surface area contributed by atoms with Crippen LogP contribution in [0.3, 0.4) is 0 Å². The van der Waals surface area contributed by atoms with Crippen molar-refractivity contribution in [2.24, 2.45) is 5.92 Å². The Bertz CT molecular complexity index is 458. The molecule has 1 fully saturated rings. The minimum Gasteiger partial charge on any atom is -0.480 e. The van der Waals surface area contributed by atoms with Gasteiger partial charge in [-0.05, 0) is 24.3 Å². The van der Waals surface area contributed by atoms with Crippen LogP contribution < -0.4 is 0 Å².